The van der Waals surface area contributed by atoms with E-state index in [9.17, 15) is 9.90 Å². The number of nitrogens with zero attached hydrogens (tertiary/aromatic N) is 2. The van der Waals surface area contributed by atoms with Crippen molar-refractivity contribution in [1.29, 1.82) is 0 Å². The van der Waals surface area contributed by atoms with Gasteiger partial charge in [-0.3, -0.25) is 0 Å². The third-order valence-corrected chi connectivity index (χ3v) is 4.08. The maximum atomic E-state index is 12.2. The first-order valence-corrected chi connectivity index (χ1v) is 7.90. The predicted molar refractivity (Wildman–Crippen MR) is 86.2 cm³/mol. The van der Waals surface area contributed by atoms with Crippen LogP contribution in [0.5, 0.6) is 0 Å². The van der Waals surface area contributed by atoms with E-state index in [0.717, 1.165) is 12.1 Å². The van der Waals surface area contributed by atoms with E-state index in [1.807, 2.05) is 34.9 Å². The van der Waals surface area contributed by atoms with Crippen molar-refractivity contribution in [1.82, 2.24) is 14.9 Å². The molecule has 0 amide bonds. The Balaban J connectivity index is 2.07. The summed E-state index contributed by atoms with van der Waals surface area (Å²) in [6, 6.07) is 9.45. The summed E-state index contributed by atoms with van der Waals surface area (Å²) in [6.45, 7) is 3.50. The monoisotopic (exact) mass is 315 g/mol. The Morgan fingerprint density at radius 3 is 2.91 bits per heavy atom. The van der Waals surface area contributed by atoms with E-state index in [2.05, 4.69) is 10.3 Å². The Labute approximate surface area is 135 Å². The zero-order valence-corrected chi connectivity index (χ0v) is 13.1. The highest BCUT2D eigenvalue weighted by Gasteiger charge is 2.29. The third kappa shape index (κ3) is 3.13. The molecule has 1 aromatic heterocycles. The third-order valence-electron chi connectivity index (χ3n) is 4.08. The fourth-order valence-corrected chi connectivity index (χ4v) is 2.96. The van der Waals surface area contributed by atoms with Crippen molar-refractivity contribution in [3.8, 4) is 11.3 Å². The molecule has 23 heavy (non-hydrogen) atoms. The molecule has 2 N–H and O–H groups in total. The molecule has 1 saturated heterocycles. The Kier molecular flexibility index (Phi) is 4.73. The topological polar surface area (TPSA) is 76.4 Å². The van der Waals surface area contributed by atoms with E-state index < -0.39 is 12.1 Å². The lowest BCUT2D eigenvalue weighted by Gasteiger charge is -2.30. The Morgan fingerprint density at radius 2 is 2.22 bits per heavy atom. The van der Waals surface area contributed by atoms with Crippen LogP contribution in [-0.2, 0) is 4.74 Å². The van der Waals surface area contributed by atoms with Crippen molar-refractivity contribution >= 4 is 5.97 Å². The van der Waals surface area contributed by atoms with Crippen molar-refractivity contribution in [2.75, 3.05) is 19.7 Å². The number of piperidine rings is 1. The van der Waals surface area contributed by atoms with Crippen LogP contribution in [0.4, 0.5) is 0 Å². The van der Waals surface area contributed by atoms with Crippen LogP contribution in [0, 0.1) is 0 Å². The quantitative estimate of drug-likeness (QED) is 0.839. The number of imidazole rings is 1. The van der Waals surface area contributed by atoms with E-state index in [4.69, 9.17) is 4.74 Å². The van der Waals surface area contributed by atoms with Crippen LogP contribution in [0.3, 0.4) is 0 Å². The van der Waals surface area contributed by atoms with Crippen LogP contribution in [-0.4, -0.2) is 46.4 Å². The second-order valence-electron chi connectivity index (χ2n) is 5.56. The second kappa shape index (κ2) is 6.93. The Morgan fingerprint density at radius 1 is 1.43 bits per heavy atom. The maximum Gasteiger partial charge on any atom is 0.359 e. The summed E-state index contributed by atoms with van der Waals surface area (Å²) in [4.78, 5) is 16.5. The van der Waals surface area contributed by atoms with E-state index in [1.165, 1.54) is 0 Å². The fraction of sp³-hybridized carbons (Fsp3) is 0.412. The van der Waals surface area contributed by atoms with Gasteiger partial charge in [-0.25, -0.2) is 9.78 Å². The van der Waals surface area contributed by atoms with E-state index in [-0.39, 0.29) is 11.7 Å². The highest BCUT2D eigenvalue weighted by Crippen LogP contribution is 2.29. The molecule has 0 spiro atoms. The standard InChI is InChI=1S/C17H21N3O3/c1-2-23-17(22)15-16(12-6-4-3-5-7-12)20(11-19-15)13-10-18-9-8-14(13)21/h3-7,11,13-14,18,21H,2,8-10H2,1H3/t13?,14-/m0/s1. The first-order valence-electron chi connectivity index (χ1n) is 7.90. The van der Waals surface area contributed by atoms with Crippen molar-refractivity contribution in [2.24, 2.45) is 0 Å². The number of carbonyl (C=O) groups is 1. The van der Waals surface area contributed by atoms with Crippen LogP contribution < -0.4 is 5.32 Å². The summed E-state index contributed by atoms with van der Waals surface area (Å²) in [7, 11) is 0. The Hall–Kier alpha value is -2.18. The van der Waals surface area contributed by atoms with Crippen LogP contribution in [0.2, 0.25) is 0 Å². The molecule has 0 saturated carbocycles. The molecule has 1 aliphatic heterocycles. The summed E-state index contributed by atoms with van der Waals surface area (Å²) in [5.74, 6) is -0.441. The number of hydrogen-bond donors (Lipinski definition) is 2. The van der Waals surface area contributed by atoms with E-state index >= 15 is 0 Å². The van der Waals surface area contributed by atoms with Crippen LogP contribution in [0.25, 0.3) is 11.3 Å². The van der Waals surface area contributed by atoms with E-state index in [0.29, 0.717) is 25.3 Å². The van der Waals surface area contributed by atoms with Crippen molar-refractivity contribution in [3.63, 3.8) is 0 Å². The summed E-state index contributed by atoms with van der Waals surface area (Å²) < 4.78 is 7.01. The largest absolute Gasteiger partial charge is 0.461 e. The second-order valence-corrected chi connectivity index (χ2v) is 5.56. The average Bonchev–Trinajstić information content (AvgIpc) is 3.01. The lowest BCUT2D eigenvalue weighted by atomic mass is 10.0. The number of aromatic nitrogens is 2. The maximum absolute atomic E-state index is 12.2. The first kappa shape index (κ1) is 15.7. The van der Waals surface area contributed by atoms with Crippen molar-refractivity contribution < 1.29 is 14.6 Å². The summed E-state index contributed by atoms with van der Waals surface area (Å²) >= 11 is 0. The van der Waals surface area contributed by atoms with Gasteiger partial charge in [-0.2, -0.15) is 0 Å². The summed E-state index contributed by atoms with van der Waals surface area (Å²) in [5, 5.41) is 13.6. The molecule has 0 aliphatic carbocycles. The average molecular weight is 315 g/mol. The minimum atomic E-state index is -0.469. The Bertz CT molecular complexity index is 669. The molecule has 2 aromatic rings. The van der Waals surface area contributed by atoms with Gasteiger partial charge in [0, 0.05) is 12.1 Å². The van der Waals surface area contributed by atoms with Crippen molar-refractivity contribution in [2.45, 2.75) is 25.5 Å². The number of ether oxygens (including phenoxy) is 1. The highest BCUT2D eigenvalue weighted by molar-refractivity contribution is 5.94. The molecule has 1 aliphatic rings. The SMILES string of the molecule is CCOC(=O)c1ncn(C2CNCC[C@@H]2O)c1-c1ccccc1. The minimum absolute atomic E-state index is 0.158. The van der Waals surface area contributed by atoms with Crippen molar-refractivity contribution in [3.05, 3.63) is 42.4 Å². The molecule has 2 atom stereocenters. The number of aliphatic hydroxyl groups is 1. The van der Waals surface area contributed by atoms with Gasteiger partial charge in [-0.15, -0.1) is 0 Å². The molecule has 0 radical (unpaired) electrons. The van der Waals surface area contributed by atoms with Gasteiger partial charge < -0.3 is 19.7 Å². The smallest absolute Gasteiger partial charge is 0.359 e. The van der Waals surface area contributed by atoms with Crippen LogP contribution in [0.15, 0.2) is 36.7 Å². The number of aliphatic hydroxyl groups excluding tert-OH is 1. The number of hydrogen-bond acceptors (Lipinski definition) is 5. The summed E-state index contributed by atoms with van der Waals surface area (Å²) in [5.41, 5.74) is 1.86. The zero-order chi connectivity index (χ0) is 16.2. The van der Waals surface area contributed by atoms with Gasteiger partial charge in [-0.1, -0.05) is 30.3 Å². The van der Waals surface area contributed by atoms with Crippen LogP contribution in [0.1, 0.15) is 29.9 Å². The molecule has 1 aromatic carbocycles. The molecule has 6 nitrogen and oxygen atoms in total. The number of esters is 1. The molecule has 0 bridgehead atoms. The number of nitrogens with one attached hydrogen (secondary N) is 1. The first-order chi connectivity index (χ1) is 11.2. The van der Waals surface area contributed by atoms with Gasteiger partial charge in [0.25, 0.3) is 0 Å². The van der Waals surface area contributed by atoms with E-state index in [1.54, 1.807) is 13.3 Å². The van der Waals surface area contributed by atoms with Gasteiger partial charge >= 0.3 is 5.97 Å². The molecule has 2 heterocycles. The minimum Gasteiger partial charge on any atom is -0.461 e. The summed E-state index contributed by atoms with van der Waals surface area (Å²) in [6.07, 6.45) is 1.82. The molecule has 6 heteroatoms. The van der Waals surface area contributed by atoms with Crippen LogP contribution >= 0.6 is 0 Å². The zero-order valence-electron chi connectivity index (χ0n) is 13.1. The lowest BCUT2D eigenvalue weighted by Crippen LogP contribution is -2.41. The van der Waals surface area contributed by atoms with Gasteiger partial charge in [0.2, 0.25) is 0 Å². The number of rotatable bonds is 4. The molecule has 1 unspecified atom stereocenters. The molecule has 3 rings (SSSR count). The van der Waals surface area contributed by atoms with Gasteiger partial charge in [0.05, 0.1) is 30.8 Å². The molecular formula is C17H21N3O3. The number of benzene rings is 1. The predicted octanol–water partition coefficient (Wildman–Crippen LogP) is 1.62. The van der Waals surface area contributed by atoms with Gasteiger partial charge in [0.1, 0.15) is 0 Å². The number of carbonyl (C=O) groups excluding carboxylic acids is 1. The van der Waals surface area contributed by atoms with Gasteiger partial charge in [-0.05, 0) is 19.9 Å². The molecule has 122 valence electrons. The molecular weight excluding hydrogens is 294 g/mol. The molecule has 1 fully saturated rings. The lowest BCUT2D eigenvalue weighted by molar-refractivity contribution is 0.0520. The normalized spacial score (nSPS) is 21.1. The van der Waals surface area contributed by atoms with Gasteiger partial charge in [0.15, 0.2) is 5.69 Å². The fourth-order valence-electron chi connectivity index (χ4n) is 2.96. The highest BCUT2D eigenvalue weighted by atomic mass is 16.5.